The monoisotopic (exact) mass is 373 g/mol. The molecule has 26 heavy (non-hydrogen) atoms. The van der Waals surface area contributed by atoms with Gasteiger partial charge in [0.1, 0.15) is 5.71 Å². The number of hydrogen-bond acceptors (Lipinski definition) is 6. The van der Waals surface area contributed by atoms with E-state index in [4.69, 9.17) is 0 Å². The summed E-state index contributed by atoms with van der Waals surface area (Å²) in [6, 6.07) is 14.9. The smallest absolute Gasteiger partial charge is 0.206 e. The molecule has 1 aliphatic heterocycles. The Morgan fingerprint density at radius 1 is 0.962 bits per heavy atom. The van der Waals surface area contributed by atoms with E-state index < -0.39 is 9.84 Å². The van der Waals surface area contributed by atoms with Gasteiger partial charge in [0.15, 0.2) is 0 Å². The van der Waals surface area contributed by atoms with E-state index in [2.05, 4.69) is 22.0 Å². The number of oxime groups is 1. The second kappa shape index (κ2) is 7.99. The molecule has 0 amide bonds. The van der Waals surface area contributed by atoms with Crippen molar-refractivity contribution < 1.29 is 13.6 Å². The highest BCUT2D eigenvalue weighted by Gasteiger charge is 2.19. The highest BCUT2D eigenvalue weighted by molar-refractivity contribution is 7.91. The van der Waals surface area contributed by atoms with Crippen molar-refractivity contribution in [3.63, 3.8) is 0 Å². The first-order chi connectivity index (χ1) is 12.5. The average Bonchev–Trinajstić information content (AvgIpc) is 2.68. The number of benzene rings is 2. The van der Waals surface area contributed by atoms with Crippen molar-refractivity contribution in [3.8, 4) is 0 Å². The Hall–Kier alpha value is -2.22. The van der Waals surface area contributed by atoms with Gasteiger partial charge in [0.25, 0.3) is 0 Å². The number of rotatable bonds is 5. The molecule has 7 heteroatoms. The van der Waals surface area contributed by atoms with Crippen LogP contribution in [0.25, 0.3) is 0 Å². The van der Waals surface area contributed by atoms with Gasteiger partial charge in [-0.05, 0) is 31.3 Å². The van der Waals surface area contributed by atoms with Crippen molar-refractivity contribution in [2.24, 2.45) is 5.16 Å². The zero-order valence-electron chi connectivity index (χ0n) is 14.7. The summed E-state index contributed by atoms with van der Waals surface area (Å²) in [6.07, 6.45) is 0. The molecule has 0 bridgehead atoms. The predicted octanol–water partition coefficient (Wildman–Crippen LogP) is 1.95. The molecule has 0 atom stereocenters. The third kappa shape index (κ3) is 4.12. The van der Waals surface area contributed by atoms with Gasteiger partial charge < -0.3 is 10.1 Å². The Kier molecular flexibility index (Phi) is 5.70. The first kappa shape index (κ1) is 18.6. The Bertz CT molecular complexity index is 857. The zero-order chi connectivity index (χ0) is 18.6. The maximum atomic E-state index is 12.6. The van der Waals surface area contributed by atoms with E-state index in [9.17, 15) is 13.6 Å². The van der Waals surface area contributed by atoms with Gasteiger partial charge in [-0.1, -0.05) is 35.5 Å². The van der Waals surface area contributed by atoms with E-state index in [1.165, 1.54) is 0 Å². The standard InChI is InChI=1S/C19H23N3O3S/c1-21-11-13-22(14-12-21)15-19(20-23)16-7-9-18(10-8-16)26(24,25)17-5-3-2-4-6-17/h2-10,23H,11-15H2,1H3/b20-19+. The molecule has 1 N–H and O–H groups in total. The fourth-order valence-electron chi connectivity index (χ4n) is 2.96. The molecule has 3 rings (SSSR count). The second-order valence-corrected chi connectivity index (χ2v) is 8.42. The predicted molar refractivity (Wildman–Crippen MR) is 101 cm³/mol. The van der Waals surface area contributed by atoms with Crippen LogP contribution in [-0.4, -0.2) is 68.9 Å². The summed E-state index contributed by atoms with van der Waals surface area (Å²) in [6.45, 7) is 4.32. The van der Waals surface area contributed by atoms with Crippen LogP contribution in [0.4, 0.5) is 0 Å². The van der Waals surface area contributed by atoms with Crippen molar-refractivity contribution in [1.29, 1.82) is 0 Å². The fourth-order valence-corrected chi connectivity index (χ4v) is 4.24. The Morgan fingerprint density at radius 3 is 2.12 bits per heavy atom. The lowest BCUT2D eigenvalue weighted by Gasteiger charge is -2.32. The average molecular weight is 373 g/mol. The summed E-state index contributed by atoms with van der Waals surface area (Å²) in [5.74, 6) is 0. The van der Waals surface area contributed by atoms with E-state index in [-0.39, 0.29) is 9.79 Å². The maximum Gasteiger partial charge on any atom is 0.206 e. The molecule has 0 aliphatic carbocycles. The number of hydrogen-bond donors (Lipinski definition) is 1. The SMILES string of the molecule is CN1CCN(C/C(=N\O)c2ccc(S(=O)(=O)c3ccccc3)cc2)CC1. The minimum Gasteiger partial charge on any atom is -0.411 e. The molecule has 0 unspecified atom stereocenters. The molecule has 1 fully saturated rings. The van der Waals surface area contributed by atoms with E-state index in [0.717, 1.165) is 31.7 Å². The van der Waals surface area contributed by atoms with Crippen LogP contribution in [0.1, 0.15) is 5.56 Å². The van der Waals surface area contributed by atoms with Gasteiger partial charge in [-0.3, -0.25) is 4.90 Å². The van der Waals surface area contributed by atoms with E-state index >= 15 is 0 Å². The Balaban J connectivity index is 1.76. The molecule has 1 heterocycles. The summed E-state index contributed by atoms with van der Waals surface area (Å²) in [5.41, 5.74) is 1.26. The quantitative estimate of drug-likeness (QED) is 0.493. The topological polar surface area (TPSA) is 73.2 Å². The van der Waals surface area contributed by atoms with Crippen LogP contribution in [-0.2, 0) is 9.84 Å². The van der Waals surface area contributed by atoms with Gasteiger partial charge in [-0.25, -0.2) is 8.42 Å². The third-order valence-electron chi connectivity index (χ3n) is 4.64. The number of sulfone groups is 1. The molecule has 0 saturated carbocycles. The van der Waals surface area contributed by atoms with Crippen LogP contribution in [0, 0.1) is 0 Å². The minimum absolute atomic E-state index is 0.226. The van der Waals surface area contributed by atoms with Gasteiger partial charge in [0, 0.05) is 38.3 Å². The second-order valence-electron chi connectivity index (χ2n) is 6.47. The lowest BCUT2D eigenvalue weighted by atomic mass is 10.1. The Labute approximate surface area is 154 Å². The molecule has 1 aliphatic rings. The highest BCUT2D eigenvalue weighted by atomic mass is 32.2. The molecule has 0 radical (unpaired) electrons. The highest BCUT2D eigenvalue weighted by Crippen LogP contribution is 2.21. The summed E-state index contributed by atoms with van der Waals surface area (Å²) < 4.78 is 25.3. The fraction of sp³-hybridized carbons (Fsp3) is 0.316. The van der Waals surface area contributed by atoms with Crippen LogP contribution in [0.5, 0.6) is 0 Å². The zero-order valence-corrected chi connectivity index (χ0v) is 15.6. The first-order valence-corrected chi connectivity index (χ1v) is 10.0. The van der Waals surface area contributed by atoms with Gasteiger partial charge >= 0.3 is 0 Å². The summed E-state index contributed by atoms with van der Waals surface area (Å²) in [4.78, 5) is 4.98. The van der Waals surface area contributed by atoms with E-state index in [1.54, 1.807) is 54.6 Å². The van der Waals surface area contributed by atoms with Crippen LogP contribution in [0.15, 0.2) is 69.5 Å². The molecule has 0 aromatic heterocycles. The summed E-state index contributed by atoms with van der Waals surface area (Å²) in [5, 5.41) is 12.8. The molecule has 6 nitrogen and oxygen atoms in total. The van der Waals surface area contributed by atoms with E-state index in [1.807, 2.05) is 0 Å². The van der Waals surface area contributed by atoms with Crippen LogP contribution >= 0.6 is 0 Å². The molecular formula is C19H23N3O3S. The molecule has 0 spiro atoms. The van der Waals surface area contributed by atoms with Crippen LogP contribution in [0.3, 0.4) is 0 Å². The maximum absolute atomic E-state index is 12.6. The molecule has 138 valence electrons. The van der Waals surface area contributed by atoms with Gasteiger partial charge in [0.2, 0.25) is 9.84 Å². The molecule has 1 saturated heterocycles. The summed E-state index contributed by atoms with van der Waals surface area (Å²) >= 11 is 0. The van der Waals surface area contributed by atoms with Gasteiger partial charge in [-0.2, -0.15) is 0 Å². The molecular weight excluding hydrogens is 350 g/mol. The van der Waals surface area contributed by atoms with Gasteiger partial charge in [0.05, 0.1) is 9.79 Å². The van der Waals surface area contributed by atoms with Crippen molar-refractivity contribution in [3.05, 3.63) is 60.2 Å². The van der Waals surface area contributed by atoms with Gasteiger partial charge in [-0.15, -0.1) is 0 Å². The lowest BCUT2D eigenvalue weighted by Crippen LogP contribution is -2.46. The van der Waals surface area contributed by atoms with Crippen molar-refractivity contribution in [1.82, 2.24) is 9.80 Å². The third-order valence-corrected chi connectivity index (χ3v) is 6.43. The minimum atomic E-state index is -3.54. The van der Waals surface area contributed by atoms with Crippen LogP contribution < -0.4 is 0 Å². The van der Waals surface area contributed by atoms with Crippen molar-refractivity contribution >= 4 is 15.5 Å². The molecule has 2 aromatic carbocycles. The number of likely N-dealkylation sites (N-methyl/N-ethyl adjacent to an activating group) is 1. The van der Waals surface area contributed by atoms with Crippen LogP contribution in [0.2, 0.25) is 0 Å². The van der Waals surface area contributed by atoms with Crippen molar-refractivity contribution in [2.45, 2.75) is 9.79 Å². The lowest BCUT2D eigenvalue weighted by molar-refractivity contribution is 0.169. The largest absolute Gasteiger partial charge is 0.411 e. The summed E-state index contributed by atoms with van der Waals surface area (Å²) in [7, 11) is -1.45. The Morgan fingerprint density at radius 2 is 1.54 bits per heavy atom. The van der Waals surface area contributed by atoms with Crippen molar-refractivity contribution in [2.75, 3.05) is 39.8 Å². The normalized spacial score (nSPS) is 17.3. The molecule has 2 aromatic rings. The number of piperazine rings is 1. The van der Waals surface area contributed by atoms with E-state index in [0.29, 0.717) is 12.3 Å². The first-order valence-electron chi connectivity index (χ1n) is 8.53. The number of nitrogens with zero attached hydrogens (tertiary/aromatic N) is 3.